The van der Waals surface area contributed by atoms with Gasteiger partial charge in [-0.1, -0.05) is 59.6 Å². The zero-order chi connectivity index (χ0) is 25.9. The van der Waals surface area contributed by atoms with Gasteiger partial charge in [0.1, 0.15) is 10.6 Å². The first-order chi connectivity index (χ1) is 18.0. The first-order valence-electron chi connectivity index (χ1n) is 12.6. The number of hydrogen-bond donors (Lipinski definition) is 1. The van der Waals surface area contributed by atoms with E-state index < -0.39 is 0 Å². The van der Waals surface area contributed by atoms with Crippen LogP contribution in [0.4, 0.5) is 0 Å². The lowest BCUT2D eigenvalue weighted by Crippen LogP contribution is -2.44. The number of hydrogen-bond acceptors (Lipinski definition) is 4. The van der Waals surface area contributed by atoms with Crippen LogP contribution in [0.25, 0.3) is 21.2 Å². The minimum atomic E-state index is -0.0157. The normalized spacial score (nSPS) is 17.6. The molecular formula is C30H30Cl2N2O2S. The Bertz CT molecular complexity index is 1390. The second-order valence-corrected chi connectivity index (χ2v) is 11.4. The van der Waals surface area contributed by atoms with Crippen LogP contribution in [0.1, 0.15) is 40.9 Å². The highest BCUT2D eigenvalue weighted by molar-refractivity contribution is 7.21. The molecule has 1 aliphatic carbocycles. The Hall–Kier alpha value is -2.57. The Labute approximate surface area is 232 Å². The fourth-order valence-electron chi connectivity index (χ4n) is 5.23. The third-order valence-electron chi connectivity index (χ3n) is 7.33. The molecule has 0 bridgehead atoms. The van der Waals surface area contributed by atoms with Crippen LogP contribution in [0.3, 0.4) is 0 Å². The van der Waals surface area contributed by atoms with Gasteiger partial charge < -0.3 is 15.0 Å². The number of halogens is 2. The number of nitrogens with one attached hydrogen (secondary N) is 1. The SMILES string of the molecule is CN[C@H]1CC[C@@H](N(Cc2cc(-c3ccc(Cl)cc3)ccc2OC)C(=O)c2sc3ccccc3c2Cl)CC1. The molecule has 0 unspecified atom stereocenters. The summed E-state index contributed by atoms with van der Waals surface area (Å²) >= 11 is 14.4. The van der Waals surface area contributed by atoms with Crippen LogP contribution in [-0.4, -0.2) is 37.0 Å². The molecule has 0 atom stereocenters. The van der Waals surface area contributed by atoms with Crippen molar-refractivity contribution in [2.45, 2.75) is 44.3 Å². The Balaban J connectivity index is 1.52. The van der Waals surface area contributed by atoms with Gasteiger partial charge in [-0.2, -0.15) is 0 Å². The van der Waals surface area contributed by atoms with E-state index in [0.717, 1.165) is 58.2 Å². The van der Waals surface area contributed by atoms with E-state index in [4.69, 9.17) is 27.9 Å². The summed E-state index contributed by atoms with van der Waals surface area (Å²) in [6, 6.07) is 22.5. The van der Waals surface area contributed by atoms with E-state index in [0.29, 0.717) is 27.5 Å². The third kappa shape index (κ3) is 5.51. The number of amides is 1. The quantitative estimate of drug-likeness (QED) is 0.252. The summed E-state index contributed by atoms with van der Waals surface area (Å²) in [5.41, 5.74) is 3.09. The highest BCUT2D eigenvalue weighted by Crippen LogP contribution is 2.38. The minimum Gasteiger partial charge on any atom is -0.496 e. The molecule has 0 radical (unpaired) electrons. The molecule has 192 valence electrons. The average molecular weight is 554 g/mol. The number of rotatable bonds is 7. The summed E-state index contributed by atoms with van der Waals surface area (Å²) in [6.45, 7) is 0.447. The summed E-state index contributed by atoms with van der Waals surface area (Å²) in [7, 11) is 3.69. The molecule has 4 aromatic rings. The van der Waals surface area contributed by atoms with Crippen molar-refractivity contribution in [1.82, 2.24) is 10.2 Å². The Kier molecular flexibility index (Phi) is 8.06. The lowest BCUT2D eigenvalue weighted by molar-refractivity contribution is 0.0604. The van der Waals surface area contributed by atoms with Gasteiger partial charge in [-0.15, -0.1) is 11.3 Å². The van der Waals surface area contributed by atoms with E-state index in [1.807, 2.05) is 72.6 Å². The van der Waals surface area contributed by atoms with Crippen molar-refractivity contribution in [2.24, 2.45) is 0 Å². The second kappa shape index (κ2) is 11.4. The molecule has 1 N–H and O–H groups in total. The molecule has 37 heavy (non-hydrogen) atoms. The number of fused-ring (bicyclic) bond motifs is 1. The molecule has 3 aromatic carbocycles. The number of carbonyl (C=O) groups is 1. The number of methoxy groups -OCH3 is 1. The van der Waals surface area contributed by atoms with Crippen molar-refractivity contribution in [3.05, 3.63) is 87.2 Å². The third-order valence-corrected chi connectivity index (χ3v) is 9.25. The lowest BCUT2D eigenvalue weighted by Gasteiger charge is -2.37. The maximum atomic E-state index is 14.2. The highest BCUT2D eigenvalue weighted by Gasteiger charge is 2.32. The molecule has 7 heteroatoms. The fraction of sp³-hybridized carbons (Fsp3) is 0.300. The van der Waals surface area contributed by atoms with Crippen molar-refractivity contribution < 1.29 is 9.53 Å². The van der Waals surface area contributed by atoms with Gasteiger partial charge in [0.15, 0.2) is 0 Å². The van der Waals surface area contributed by atoms with Crippen LogP contribution in [0.2, 0.25) is 10.0 Å². The summed E-state index contributed by atoms with van der Waals surface area (Å²) < 4.78 is 6.77. The van der Waals surface area contributed by atoms with E-state index in [1.54, 1.807) is 7.11 Å². The monoisotopic (exact) mass is 552 g/mol. The van der Waals surface area contributed by atoms with Gasteiger partial charge >= 0.3 is 0 Å². The average Bonchev–Trinajstić information content (AvgIpc) is 3.28. The smallest absolute Gasteiger partial charge is 0.266 e. The van der Waals surface area contributed by atoms with Crippen LogP contribution >= 0.6 is 34.5 Å². The molecule has 1 heterocycles. The maximum Gasteiger partial charge on any atom is 0.266 e. The topological polar surface area (TPSA) is 41.6 Å². The van der Waals surface area contributed by atoms with Crippen LogP contribution in [-0.2, 0) is 6.54 Å². The molecule has 1 saturated carbocycles. The zero-order valence-electron chi connectivity index (χ0n) is 21.0. The Morgan fingerprint density at radius 1 is 1.00 bits per heavy atom. The van der Waals surface area contributed by atoms with Gasteiger partial charge in [0.25, 0.3) is 5.91 Å². The van der Waals surface area contributed by atoms with Crippen molar-refractivity contribution >= 4 is 50.5 Å². The number of carbonyl (C=O) groups excluding carboxylic acids is 1. The van der Waals surface area contributed by atoms with Crippen molar-refractivity contribution in [1.29, 1.82) is 0 Å². The van der Waals surface area contributed by atoms with Crippen LogP contribution < -0.4 is 10.1 Å². The Morgan fingerprint density at radius 3 is 2.38 bits per heavy atom. The number of nitrogens with zero attached hydrogens (tertiary/aromatic N) is 1. The molecule has 1 aliphatic rings. The predicted molar refractivity (Wildman–Crippen MR) is 155 cm³/mol. The number of benzene rings is 3. The maximum absolute atomic E-state index is 14.2. The van der Waals surface area contributed by atoms with E-state index in [9.17, 15) is 4.79 Å². The van der Waals surface area contributed by atoms with Crippen molar-refractivity contribution in [3.63, 3.8) is 0 Å². The first kappa shape index (κ1) is 26.1. The largest absolute Gasteiger partial charge is 0.496 e. The summed E-state index contributed by atoms with van der Waals surface area (Å²) in [5.74, 6) is 0.750. The van der Waals surface area contributed by atoms with E-state index in [1.165, 1.54) is 11.3 Å². The summed E-state index contributed by atoms with van der Waals surface area (Å²) in [6.07, 6.45) is 3.96. The molecule has 1 amide bonds. The van der Waals surface area contributed by atoms with Crippen LogP contribution in [0.15, 0.2) is 66.7 Å². The highest BCUT2D eigenvalue weighted by atomic mass is 35.5. The molecule has 1 fully saturated rings. The number of ether oxygens (including phenoxy) is 1. The van der Waals surface area contributed by atoms with Gasteiger partial charge in [0, 0.05) is 39.3 Å². The molecule has 5 rings (SSSR count). The van der Waals surface area contributed by atoms with Gasteiger partial charge in [-0.05, 0) is 74.2 Å². The molecule has 0 saturated heterocycles. The van der Waals surface area contributed by atoms with Crippen molar-refractivity contribution in [3.8, 4) is 16.9 Å². The van der Waals surface area contributed by atoms with E-state index in [2.05, 4.69) is 11.4 Å². The number of thiophene rings is 1. The molecule has 0 aliphatic heterocycles. The lowest BCUT2D eigenvalue weighted by atomic mass is 9.89. The Morgan fingerprint density at radius 2 is 1.70 bits per heavy atom. The molecule has 1 aromatic heterocycles. The summed E-state index contributed by atoms with van der Waals surface area (Å²) in [4.78, 5) is 16.8. The van der Waals surface area contributed by atoms with Crippen molar-refractivity contribution in [2.75, 3.05) is 14.2 Å². The summed E-state index contributed by atoms with van der Waals surface area (Å²) in [5, 5.41) is 5.57. The first-order valence-corrected chi connectivity index (χ1v) is 14.1. The minimum absolute atomic E-state index is 0.0157. The zero-order valence-corrected chi connectivity index (χ0v) is 23.3. The van der Waals surface area contributed by atoms with Gasteiger partial charge in [-0.3, -0.25) is 4.79 Å². The predicted octanol–water partition coefficient (Wildman–Crippen LogP) is 8.06. The van der Waals surface area contributed by atoms with E-state index >= 15 is 0 Å². The van der Waals surface area contributed by atoms with Crippen LogP contribution in [0, 0.1) is 0 Å². The second-order valence-electron chi connectivity index (χ2n) is 9.50. The molecule has 4 nitrogen and oxygen atoms in total. The molecule has 0 spiro atoms. The van der Waals surface area contributed by atoms with Gasteiger partial charge in [0.05, 0.1) is 12.1 Å². The standard InChI is InChI=1S/C30H30Cl2N2O2S/c1-33-23-12-14-24(15-13-23)34(30(35)29-28(32)25-5-3-4-6-27(25)37-29)18-21-17-20(9-16-26(21)36-2)19-7-10-22(31)11-8-19/h3-11,16-17,23-24,33H,12-15,18H2,1-2H3/t23-,24+. The van der Waals surface area contributed by atoms with Crippen LogP contribution in [0.5, 0.6) is 5.75 Å². The van der Waals surface area contributed by atoms with Gasteiger partial charge in [0.2, 0.25) is 0 Å². The van der Waals surface area contributed by atoms with Gasteiger partial charge in [-0.25, -0.2) is 0 Å². The van der Waals surface area contributed by atoms with E-state index in [-0.39, 0.29) is 11.9 Å². The molecular weight excluding hydrogens is 523 g/mol. The fourth-order valence-corrected chi connectivity index (χ4v) is 6.83.